The summed E-state index contributed by atoms with van der Waals surface area (Å²) < 4.78 is 5.26. The van der Waals surface area contributed by atoms with Gasteiger partial charge in [0.2, 0.25) is 0 Å². The fourth-order valence-electron chi connectivity index (χ4n) is 2.98. The third kappa shape index (κ3) is 8.03. The molecule has 6 nitrogen and oxygen atoms in total. The van der Waals surface area contributed by atoms with E-state index in [1.165, 1.54) is 0 Å². The lowest BCUT2D eigenvalue weighted by atomic mass is 10.0. The highest BCUT2D eigenvalue weighted by Gasteiger charge is 2.12. The van der Waals surface area contributed by atoms with Gasteiger partial charge in [0.1, 0.15) is 6.07 Å². The largest absolute Gasteiger partial charge is 0.465 e. The minimum absolute atomic E-state index is 0.164. The molecule has 7 heteroatoms. The van der Waals surface area contributed by atoms with E-state index in [0.29, 0.717) is 31.7 Å². The van der Waals surface area contributed by atoms with Crippen molar-refractivity contribution < 1.29 is 14.6 Å². The van der Waals surface area contributed by atoms with Crippen LogP contribution in [-0.2, 0) is 16.0 Å². The van der Waals surface area contributed by atoms with Crippen LogP contribution < -0.4 is 11.1 Å². The lowest BCUT2D eigenvalue weighted by Crippen LogP contribution is -2.22. The topological polar surface area (TPSA) is 108 Å². The van der Waals surface area contributed by atoms with Gasteiger partial charge in [0.25, 0.3) is 0 Å². The number of aliphatic hydroxyl groups is 1. The molecule has 0 saturated carbocycles. The first-order valence-electron chi connectivity index (χ1n) is 10.1. The Morgan fingerprint density at radius 3 is 2.73 bits per heavy atom. The molecule has 0 heterocycles. The Morgan fingerprint density at radius 1 is 1.23 bits per heavy atom. The van der Waals surface area contributed by atoms with E-state index in [2.05, 4.69) is 5.32 Å². The number of rotatable bonds is 12. The van der Waals surface area contributed by atoms with Crippen molar-refractivity contribution in [2.75, 3.05) is 25.4 Å². The number of nitrogen functional groups attached to an aromatic ring is 1. The van der Waals surface area contributed by atoms with Gasteiger partial charge in [-0.3, -0.25) is 4.79 Å². The molecule has 0 fully saturated rings. The predicted molar refractivity (Wildman–Crippen MR) is 118 cm³/mol. The highest BCUT2D eigenvalue weighted by molar-refractivity contribution is 6.33. The van der Waals surface area contributed by atoms with Crippen molar-refractivity contribution in [3.8, 4) is 6.07 Å². The number of unbranched alkanes of at least 4 members (excludes halogenated alkanes) is 2. The maximum Gasteiger partial charge on any atom is 0.305 e. The molecule has 0 amide bonds. The third-order valence-corrected chi connectivity index (χ3v) is 5.04. The second-order valence-electron chi connectivity index (χ2n) is 7.06. The Labute approximate surface area is 182 Å². The zero-order valence-corrected chi connectivity index (χ0v) is 17.7. The molecule has 0 saturated heterocycles. The lowest BCUT2D eigenvalue weighted by Gasteiger charge is -2.14. The molecule has 0 radical (unpaired) electrons. The molecular weight excluding hydrogens is 402 g/mol. The number of carbonyl (C=O) groups is 1. The number of nitrogens with two attached hydrogens (primary N) is 1. The maximum absolute atomic E-state index is 11.8. The first kappa shape index (κ1) is 23.7. The number of carbonyl (C=O) groups excluding carboxylic acids is 1. The van der Waals surface area contributed by atoms with Crippen LogP contribution in [0.4, 0.5) is 5.69 Å². The van der Waals surface area contributed by atoms with Gasteiger partial charge in [0.05, 0.1) is 29.0 Å². The molecule has 0 bridgehead atoms. The molecule has 0 spiro atoms. The van der Waals surface area contributed by atoms with Gasteiger partial charge >= 0.3 is 5.97 Å². The number of benzene rings is 2. The summed E-state index contributed by atoms with van der Waals surface area (Å²) in [5, 5.41) is 22.8. The number of esters is 1. The number of hydrogen-bond donors (Lipinski definition) is 3. The Balaban J connectivity index is 1.54. The summed E-state index contributed by atoms with van der Waals surface area (Å²) in [6, 6.07) is 15.0. The summed E-state index contributed by atoms with van der Waals surface area (Å²) in [5.74, 6) is -0.164. The van der Waals surface area contributed by atoms with Crippen molar-refractivity contribution in [2.24, 2.45) is 0 Å². The predicted octanol–water partition coefficient (Wildman–Crippen LogP) is 3.76. The third-order valence-electron chi connectivity index (χ3n) is 4.73. The van der Waals surface area contributed by atoms with Crippen LogP contribution in [0.2, 0.25) is 5.02 Å². The summed E-state index contributed by atoms with van der Waals surface area (Å²) in [4.78, 5) is 11.8. The van der Waals surface area contributed by atoms with Crippen LogP contribution >= 0.6 is 11.6 Å². The number of hydrogen-bond acceptors (Lipinski definition) is 6. The summed E-state index contributed by atoms with van der Waals surface area (Å²) in [7, 11) is 0. The standard InChI is InChI=1S/C23H28ClN3O3/c24-20-14-18(13-19(15-25)23(20)26)21(28)16-27-11-6-2-5-9-22(29)30-12-10-17-7-3-1-4-8-17/h1,3-4,7-8,13-14,21,27-28H,2,5-6,9-12,16,26H2. The van der Waals surface area contributed by atoms with E-state index in [-0.39, 0.29) is 22.2 Å². The zero-order chi connectivity index (χ0) is 21.8. The lowest BCUT2D eigenvalue weighted by molar-refractivity contribution is -0.143. The normalized spacial score (nSPS) is 11.6. The van der Waals surface area contributed by atoms with E-state index in [4.69, 9.17) is 27.3 Å². The van der Waals surface area contributed by atoms with Gasteiger partial charge in [0, 0.05) is 19.4 Å². The van der Waals surface area contributed by atoms with Crippen LogP contribution in [0.5, 0.6) is 0 Å². The second kappa shape index (κ2) is 12.9. The van der Waals surface area contributed by atoms with Crippen LogP contribution in [0.15, 0.2) is 42.5 Å². The number of aliphatic hydroxyl groups excluding tert-OH is 1. The SMILES string of the molecule is N#Cc1cc(C(O)CNCCCCCC(=O)OCCc2ccccc2)cc(Cl)c1N. The zero-order valence-electron chi connectivity index (χ0n) is 16.9. The van der Waals surface area contributed by atoms with E-state index in [0.717, 1.165) is 31.2 Å². The van der Waals surface area contributed by atoms with Crippen molar-refractivity contribution in [1.82, 2.24) is 5.32 Å². The quantitative estimate of drug-likeness (QED) is 0.269. The molecule has 2 aromatic rings. The van der Waals surface area contributed by atoms with Crippen molar-refractivity contribution in [3.05, 3.63) is 64.2 Å². The van der Waals surface area contributed by atoms with E-state index >= 15 is 0 Å². The fourth-order valence-corrected chi connectivity index (χ4v) is 3.20. The van der Waals surface area contributed by atoms with Crippen molar-refractivity contribution in [2.45, 2.75) is 38.2 Å². The smallest absolute Gasteiger partial charge is 0.305 e. The first-order chi connectivity index (χ1) is 14.5. The Morgan fingerprint density at radius 2 is 2.00 bits per heavy atom. The number of nitriles is 1. The van der Waals surface area contributed by atoms with Gasteiger partial charge in [-0.2, -0.15) is 5.26 Å². The first-order valence-corrected chi connectivity index (χ1v) is 10.5. The van der Waals surface area contributed by atoms with Gasteiger partial charge in [0.15, 0.2) is 0 Å². The Kier molecular flexibility index (Phi) is 10.2. The van der Waals surface area contributed by atoms with Gasteiger partial charge in [-0.15, -0.1) is 0 Å². The van der Waals surface area contributed by atoms with Crippen molar-refractivity contribution in [1.29, 1.82) is 5.26 Å². The monoisotopic (exact) mass is 429 g/mol. The summed E-state index contributed by atoms with van der Waals surface area (Å²) in [6.45, 7) is 1.46. The fraction of sp³-hybridized carbons (Fsp3) is 0.391. The average molecular weight is 430 g/mol. The summed E-state index contributed by atoms with van der Waals surface area (Å²) in [5.41, 5.74) is 7.91. The van der Waals surface area contributed by atoms with E-state index in [1.807, 2.05) is 36.4 Å². The van der Waals surface area contributed by atoms with Crippen LogP contribution in [0.1, 0.15) is 48.5 Å². The molecule has 4 N–H and O–H groups in total. The highest BCUT2D eigenvalue weighted by Crippen LogP contribution is 2.27. The van der Waals surface area contributed by atoms with Crippen LogP contribution in [0.3, 0.4) is 0 Å². The summed E-state index contributed by atoms with van der Waals surface area (Å²) >= 11 is 6.00. The van der Waals surface area contributed by atoms with Gasteiger partial charge in [-0.1, -0.05) is 48.4 Å². The van der Waals surface area contributed by atoms with Gasteiger partial charge in [-0.05, 0) is 42.6 Å². The van der Waals surface area contributed by atoms with Crippen LogP contribution in [0.25, 0.3) is 0 Å². The molecule has 0 aliphatic carbocycles. The van der Waals surface area contributed by atoms with Crippen molar-refractivity contribution >= 4 is 23.3 Å². The molecule has 2 aromatic carbocycles. The molecule has 1 atom stereocenters. The second-order valence-corrected chi connectivity index (χ2v) is 7.47. The van der Waals surface area contributed by atoms with E-state index in [9.17, 15) is 9.90 Å². The number of nitrogens with one attached hydrogen (secondary N) is 1. The molecule has 0 aliphatic heterocycles. The Bertz CT molecular complexity index is 853. The molecular formula is C23H28ClN3O3. The molecule has 160 valence electrons. The molecule has 1 unspecified atom stereocenters. The molecule has 0 aliphatic rings. The minimum Gasteiger partial charge on any atom is -0.465 e. The summed E-state index contributed by atoms with van der Waals surface area (Å²) in [6.07, 6.45) is 2.91. The molecule has 0 aromatic heterocycles. The number of anilines is 1. The van der Waals surface area contributed by atoms with Crippen LogP contribution in [0, 0.1) is 11.3 Å². The number of nitrogens with zero attached hydrogens (tertiary/aromatic N) is 1. The van der Waals surface area contributed by atoms with Crippen LogP contribution in [-0.4, -0.2) is 30.8 Å². The van der Waals surface area contributed by atoms with Crippen molar-refractivity contribution in [3.63, 3.8) is 0 Å². The highest BCUT2D eigenvalue weighted by atomic mass is 35.5. The van der Waals surface area contributed by atoms with E-state index in [1.54, 1.807) is 12.1 Å². The minimum atomic E-state index is -0.783. The Hall–Kier alpha value is -2.59. The molecule has 30 heavy (non-hydrogen) atoms. The maximum atomic E-state index is 11.8. The molecule has 2 rings (SSSR count). The van der Waals surface area contributed by atoms with Gasteiger partial charge < -0.3 is 20.9 Å². The average Bonchev–Trinajstić information content (AvgIpc) is 2.75. The van der Waals surface area contributed by atoms with Gasteiger partial charge in [-0.25, -0.2) is 0 Å². The number of halogens is 1. The number of ether oxygens (including phenoxy) is 1. The van der Waals surface area contributed by atoms with E-state index < -0.39 is 6.10 Å².